The van der Waals surface area contributed by atoms with Crippen molar-refractivity contribution in [3.8, 4) is 0 Å². The van der Waals surface area contributed by atoms with Crippen molar-refractivity contribution in [2.75, 3.05) is 40.3 Å². The first-order valence-corrected chi connectivity index (χ1v) is 6.74. The fraction of sp³-hybridized carbons (Fsp3) is 0.923. The molecule has 1 unspecified atom stereocenters. The fourth-order valence-electron chi connectivity index (χ4n) is 3.09. The lowest BCUT2D eigenvalue weighted by molar-refractivity contribution is -0.128. The van der Waals surface area contributed by atoms with Crippen LogP contribution >= 0.6 is 0 Å². The minimum atomic E-state index is 0.232. The molecule has 1 amide bonds. The van der Waals surface area contributed by atoms with Crippen LogP contribution in [0.5, 0.6) is 0 Å². The van der Waals surface area contributed by atoms with Gasteiger partial charge < -0.3 is 9.80 Å². The highest BCUT2D eigenvalue weighted by molar-refractivity contribution is 5.73. The highest BCUT2D eigenvalue weighted by Crippen LogP contribution is 2.21. The average molecular weight is 239 g/mol. The summed E-state index contributed by atoms with van der Waals surface area (Å²) in [5.41, 5.74) is 0. The molecule has 2 rings (SSSR count). The Morgan fingerprint density at radius 1 is 1.12 bits per heavy atom. The van der Waals surface area contributed by atoms with E-state index in [0.717, 1.165) is 25.6 Å². The zero-order valence-corrected chi connectivity index (χ0v) is 11.4. The van der Waals surface area contributed by atoms with Gasteiger partial charge in [-0.2, -0.15) is 0 Å². The van der Waals surface area contributed by atoms with Gasteiger partial charge in [-0.15, -0.1) is 0 Å². The van der Waals surface area contributed by atoms with Gasteiger partial charge in [0.25, 0.3) is 0 Å². The summed E-state index contributed by atoms with van der Waals surface area (Å²) < 4.78 is 0. The molecule has 0 radical (unpaired) electrons. The van der Waals surface area contributed by atoms with Crippen LogP contribution in [0, 0.1) is 0 Å². The van der Waals surface area contributed by atoms with Gasteiger partial charge in [0.15, 0.2) is 0 Å². The molecule has 0 bridgehead atoms. The van der Waals surface area contributed by atoms with E-state index in [4.69, 9.17) is 0 Å². The molecule has 98 valence electrons. The number of carbonyl (C=O) groups excluding carboxylic acids is 1. The number of amides is 1. The van der Waals surface area contributed by atoms with Crippen LogP contribution in [0.1, 0.15) is 26.2 Å². The van der Waals surface area contributed by atoms with Crippen LogP contribution in [0.25, 0.3) is 0 Å². The lowest BCUT2D eigenvalue weighted by Crippen LogP contribution is -2.47. The van der Waals surface area contributed by atoms with E-state index in [2.05, 4.69) is 23.9 Å². The first kappa shape index (κ1) is 12.8. The quantitative estimate of drug-likeness (QED) is 0.707. The Morgan fingerprint density at radius 3 is 2.24 bits per heavy atom. The van der Waals surface area contributed by atoms with Crippen LogP contribution < -0.4 is 0 Å². The van der Waals surface area contributed by atoms with Gasteiger partial charge in [-0.3, -0.25) is 9.69 Å². The topological polar surface area (TPSA) is 26.8 Å². The first-order chi connectivity index (χ1) is 8.08. The Kier molecular flexibility index (Phi) is 4.05. The average Bonchev–Trinajstić information content (AvgIpc) is 2.78. The van der Waals surface area contributed by atoms with Gasteiger partial charge in [-0.05, 0) is 46.4 Å². The molecule has 2 heterocycles. The van der Waals surface area contributed by atoms with E-state index in [9.17, 15) is 4.79 Å². The van der Waals surface area contributed by atoms with Crippen molar-refractivity contribution in [1.29, 1.82) is 0 Å². The van der Waals surface area contributed by atoms with E-state index in [1.807, 2.05) is 4.90 Å². The summed E-state index contributed by atoms with van der Waals surface area (Å²) in [5.74, 6) is 0.232. The van der Waals surface area contributed by atoms with E-state index < -0.39 is 0 Å². The Bertz CT molecular complexity index is 272. The molecular formula is C13H25N3O. The molecule has 0 aromatic rings. The molecule has 0 N–H and O–H groups in total. The normalized spacial score (nSPS) is 28.0. The number of rotatable bonds is 2. The zero-order chi connectivity index (χ0) is 12.4. The van der Waals surface area contributed by atoms with Crippen molar-refractivity contribution < 1.29 is 4.79 Å². The van der Waals surface area contributed by atoms with Gasteiger partial charge in [0.1, 0.15) is 0 Å². The number of hydrogen-bond donors (Lipinski definition) is 0. The van der Waals surface area contributed by atoms with Crippen LogP contribution in [0.3, 0.4) is 0 Å². The van der Waals surface area contributed by atoms with Crippen molar-refractivity contribution in [3.63, 3.8) is 0 Å². The Labute approximate surface area is 105 Å². The summed E-state index contributed by atoms with van der Waals surface area (Å²) in [6.07, 6.45) is 3.69. The van der Waals surface area contributed by atoms with E-state index in [-0.39, 0.29) is 5.91 Å². The Balaban J connectivity index is 1.80. The predicted molar refractivity (Wildman–Crippen MR) is 68.9 cm³/mol. The van der Waals surface area contributed by atoms with Gasteiger partial charge in [0.05, 0.1) is 0 Å². The van der Waals surface area contributed by atoms with Crippen molar-refractivity contribution in [3.05, 3.63) is 0 Å². The van der Waals surface area contributed by atoms with Crippen LogP contribution in [-0.2, 0) is 4.79 Å². The maximum Gasteiger partial charge on any atom is 0.219 e. The molecule has 4 heteroatoms. The molecule has 0 aliphatic carbocycles. The third-order valence-corrected chi connectivity index (χ3v) is 4.35. The van der Waals surface area contributed by atoms with Gasteiger partial charge in [0.2, 0.25) is 5.91 Å². The summed E-state index contributed by atoms with van der Waals surface area (Å²) >= 11 is 0. The third kappa shape index (κ3) is 2.99. The van der Waals surface area contributed by atoms with Crippen LogP contribution in [-0.4, -0.2) is 73.0 Å². The summed E-state index contributed by atoms with van der Waals surface area (Å²) in [4.78, 5) is 18.2. The summed E-state index contributed by atoms with van der Waals surface area (Å²) in [6.45, 7) is 5.97. The fourth-order valence-corrected chi connectivity index (χ4v) is 3.09. The van der Waals surface area contributed by atoms with Gasteiger partial charge in [0, 0.05) is 32.1 Å². The smallest absolute Gasteiger partial charge is 0.219 e. The molecule has 2 aliphatic heterocycles. The second-order valence-electron chi connectivity index (χ2n) is 5.64. The molecule has 0 aromatic heterocycles. The minimum Gasteiger partial charge on any atom is -0.341 e. The number of carbonyl (C=O) groups is 1. The maximum absolute atomic E-state index is 11.3. The number of hydrogen-bond acceptors (Lipinski definition) is 3. The van der Waals surface area contributed by atoms with E-state index >= 15 is 0 Å². The number of piperidine rings is 1. The molecular weight excluding hydrogens is 214 g/mol. The molecule has 2 aliphatic rings. The van der Waals surface area contributed by atoms with Gasteiger partial charge >= 0.3 is 0 Å². The standard InChI is InChI=1S/C13H25N3O/c1-11(17)16-9-6-13(10-16)15-7-4-12(5-8-15)14(2)3/h12-13H,4-10H2,1-3H3. The lowest BCUT2D eigenvalue weighted by atomic mass is 10.0. The second kappa shape index (κ2) is 5.36. The molecule has 4 nitrogen and oxygen atoms in total. The van der Waals surface area contributed by atoms with E-state index in [0.29, 0.717) is 6.04 Å². The summed E-state index contributed by atoms with van der Waals surface area (Å²) in [6, 6.07) is 1.36. The largest absolute Gasteiger partial charge is 0.341 e. The Morgan fingerprint density at radius 2 is 1.76 bits per heavy atom. The highest BCUT2D eigenvalue weighted by atomic mass is 16.2. The second-order valence-corrected chi connectivity index (χ2v) is 5.64. The summed E-state index contributed by atoms with van der Waals surface area (Å²) in [7, 11) is 4.35. The van der Waals surface area contributed by atoms with Crippen molar-refractivity contribution in [1.82, 2.24) is 14.7 Å². The van der Waals surface area contributed by atoms with Crippen LogP contribution in [0.15, 0.2) is 0 Å². The van der Waals surface area contributed by atoms with E-state index in [1.165, 1.54) is 25.9 Å². The monoisotopic (exact) mass is 239 g/mol. The predicted octanol–water partition coefficient (Wildman–Crippen LogP) is 0.633. The minimum absolute atomic E-state index is 0.232. The maximum atomic E-state index is 11.3. The molecule has 0 aromatic carbocycles. The van der Waals surface area contributed by atoms with Crippen LogP contribution in [0.2, 0.25) is 0 Å². The third-order valence-electron chi connectivity index (χ3n) is 4.35. The van der Waals surface area contributed by atoms with E-state index in [1.54, 1.807) is 6.92 Å². The number of nitrogens with zero attached hydrogens (tertiary/aromatic N) is 3. The molecule has 2 fully saturated rings. The molecule has 0 saturated carbocycles. The zero-order valence-electron chi connectivity index (χ0n) is 11.4. The molecule has 1 atom stereocenters. The van der Waals surface area contributed by atoms with Crippen molar-refractivity contribution >= 4 is 5.91 Å². The van der Waals surface area contributed by atoms with Crippen LogP contribution in [0.4, 0.5) is 0 Å². The number of likely N-dealkylation sites (tertiary alicyclic amines) is 2. The lowest BCUT2D eigenvalue weighted by Gasteiger charge is -2.38. The molecule has 2 saturated heterocycles. The van der Waals surface area contributed by atoms with Gasteiger partial charge in [-0.1, -0.05) is 0 Å². The highest BCUT2D eigenvalue weighted by Gasteiger charge is 2.31. The molecule has 0 spiro atoms. The SMILES string of the molecule is CC(=O)N1CCC(N2CCC(N(C)C)CC2)C1. The Hall–Kier alpha value is -0.610. The van der Waals surface area contributed by atoms with Gasteiger partial charge in [-0.25, -0.2) is 0 Å². The van der Waals surface area contributed by atoms with Crippen molar-refractivity contribution in [2.45, 2.75) is 38.3 Å². The molecule has 17 heavy (non-hydrogen) atoms. The van der Waals surface area contributed by atoms with Crippen molar-refractivity contribution in [2.24, 2.45) is 0 Å². The first-order valence-electron chi connectivity index (χ1n) is 6.74. The summed E-state index contributed by atoms with van der Waals surface area (Å²) in [5, 5.41) is 0.